The molecule has 0 heterocycles. The molecular weight excluding hydrogens is 170 g/mol. The Morgan fingerprint density at radius 3 is 1.15 bits per heavy atom. The van der Waals surface area contributed by atoms with Crippen molar-refractivity contribution in [3.63, 3.8) is 0 Å². The molecule has 0 rings (SSSR count). The average Bonchev–Trinajstić information content (AvgIpc) is 1.89. The van der Waals surface area contributed by atoms with Crippen LogP contribution in [0.15, 0.2) is 0 Å². The van der Waals surface area contributed by atoms with Gasteiger partial charge in [0, 0.05) is 6.92 Å². The summed E-state index contributed by atoms with van der Waals surface area (Å²) in [5.74, 6) is -0.667. The van der Waals surface area contributed by atoms with Gasteiger partial charge in [-0.05, 0) is 20.4 Å². The fourth-order valence-corrected chi connectivity index (χ4v) is 0. The lowest BCUT2D eigenvalue weighted by atomic mass is 10.6. The fraction of sp³-hybridized carbons (Fsp3) is 0.778. The fourth-order valence-electron chi connectivity index (χ4n) is 0. The normalized spacial score (nSPS) is 5.77. The first-order chi connectivity index (χ1) is 5.88. The molecule has 0 aliphatic carbocycles. The van der Waals surface area contributed by atoms with Crippen LogP contribution in [0.5, 0.6) is 0 Å². The predicted octanol–water partition coefficient (Wildman–Crippen LogP) is 1.68. The summed E-state index contributed by atoms with van der Waals surface area (Å²) >= 11 is 0. The van der Waals surface area contributed by atoms with Crippen LogP contribution in [-0.2, 0) is 9.59 Å². The topological polar surface area (TPSA) is 80.4 Å². The van der Waals surface area contributed by atoms with E-state index in [1.54, 1.807) is 0 Å². The Morgan fingerprint density at radius 2 is 1.15 bits per heavy atom. The molecule has 0 aliphatic heterocycles. The Bertz CT molecular complexity index is 83.0. The lowest BCUT2D eigenvalue weighted by molar-refractivity contribution is -0.134. The number of carboxylic acid groups (broad SMARTS) is 1. The monoisotopic (exact) mass is 193 g/mol. The molecule has 0 fully saturated rings. The summed E-state index contributed by atoms with van der Waals surface area (Å²) in [6.07, 6.45) is 0. The Kier molecular flexibility index (Phi) is 53.2. The first-order valence-corrected chi connectivity index (χ1v) is 4.25. The summed E-state index contributed by atoms with van der Waals surface area (Å²) < 4.78 is 0. The van der Waals surface area contributed by atoms with Crippen LogP contribution in [-0.4, -0.2) is 23.4 Å². The van der Waals surface area contributed by atoms with Crippen LogP contribution in [0.4, 0.5) is 0 Å². The second-order valence-electron chi connectivity index (χ2n) is 1.84. The Hall–Kier alpha value is -0.900. The maximum absolute atomic E-state index is 9.44. The maximum atomic E-state index is 9.44. The first kappa shape index (κ1) is 22.7. The van der Waals surface area contributed by atoms with E-state index in [0.29, 0.717) is 0 Å². The molecule has 0 aromatic rings. The lowest BCUT2D eigenvalue weighted by Crippen LogP contribution is -1.87. The van der Waals surface area contributed by atoms with Gasteiger partial charge in [-0.2, -0.15) is 0 Å². The lowest BCUT2D eigenvalue weighted by Gasteiger charge is -1.59. The Morgan fingerprint density at radius 1 is 1.15 bits per heavy atom. The molecule has 0 aromatic carbocycles. The van der Waals surface area contributed by atoms with Crippen molar-refractivity contribution >= 4 is 11.8 Å². The molecule has 0 bridgehead atoms. The number of rotatable bonds is 0. The van der Waals surface area contributed by atoms with Crippen LogP contribution in [0, 0.1) is 0 Å². The van der Waals surface area contributed by atoms with E-state index in [1.165, 1.54) is 13.8 Å². The largest absolute Gasteiger partial charge is 0.481 e. The highest BCUT2D eigenvalue weighted by Gasteiger charge is 1.65. The van der Waals surface area contributed by atoms with E-state index in [-0.39, 0.29) is 5.78 Å². The standard InChI is InChI=1S/C3H6O.C2H7N.C2H4O2.C2H6/c1-3(2)4;1-2-3;1-2(3)4;1-2/h1-2H3;2-3H2,1H3;1H3,(H,3,4);1-2H3. The number of hydrogen-bond acceptors (Lipinski definition) is 3. The summed E-state index contributed by atoms with van der Waals surface area (Å²) in [5.41, 5.74) is 4.85. The highest BCUT2D eigenvalue weighted by Crippen LogP contribution is 1.50. The van der Waals surface area contributed by atoms with Gasteiger partial charge >= 0.3 is 0 Å². The number of aliphatic carboxylic acids is 1. The minimum absolute atomic E-state index is 0.167. The molecule has 0 atom stereocenters. The number of carbonyl (C=O) groups excluding carboxylic acids is 1. The summed E-state index contributed by atoms with van der Waals surface area (Å²) in [4.78, 5) is 18.4. The van der Waals surface area contributed by atoms with Gasteiger partial charge in [-0.15, -0.1) is 0 Å². The Labute approximate surface area is 81.1 Å². The third-order valence-corrected chi connectivity index (χ3v) is 0. The summed E-state index contributed by atoms with van der Waals surface area (Å²) in [7, 11) is 0. The van der Waals surface area contributed by atoms with Gasteiger partial charge < -0.3 is 15.6 Å². The molecule has 3 N–H and O–H groups in total. The van der Waals surface area contributed by atoms with Crippen molar-refractivity contribution < 1.29 is 14.7 Å². The van der Waals surface area contributed by atoms with Crippen LogP contribution in [0.3, 0.4) is 0 Å². The molecule has 0 spiro atoms. The van der Waals surface area contributed by atoms with E-state index in [0.717, 1.165) is 13.5 Å². The van der Waals surface area contributed by atoms with Gasteiger partial charge in [0.2, 0.25) is 0 Å². The number of hydrogen-bond donors (Lipinski definition) is 2. The SMILES string of the molecule is CC.CC(=O)O.CC(C)=O.CCN. The third kappa shape index (κ3) is 1130. The molecule has 0 saturated heterocycles. The molecule has 0 radical (unpaired) electrons. The molecule has 4 nitrogen and oxygen atoms in total. The number of nitrogens with two attached hydrogens (primary N) is 1. The summed E-state index contributed by atoms with van der Waals surface area (Å²) in [5, 5.41) is 7.42. The highest BCUT2D eigenvalue weighted by atomic mass is 16.4. The van der Waals surface area contributed by atoms with E-state index < -0.39 is 5.97 Å². The van der Waals surface area contributed by atoms with Crippen LogP contribution >= 0.6 is 0 Å². The smallest absolute Gasteiger partial charge is 0.300 e. The summed E-state index contributed by atoms with van der Waals surface area (Å²) in [6.45, 7) is 10.8. The van der Waals surface area contributed by atoms with Crippen LogP contribution in [0.25, 0.3) is 0 Å². The van der Waals surface area contributed by atoms with E-state index in [1.807, 2.05) is 20.8 Å². The Balaban J connectivity index is -0.0000000431. The van der Waals surface area contributed by atoms with Crippen molar-refractivity contribution in [1.82, 2.24) is 0 Å². The van der Waals surface area contributed by atoms with Crippen LogP contribution in [0.2, 0.25) is 0 Å². The molecule has 4 heteroatoms. The molecule has 13 heavy (non-hydrogen) atoms. The van der Waals surface area contributed by atoms with Gasteiger partial charge in [-0.25, -0.2) is 0 Å². The van der Waals surface area contributed by atoms with E-state index in [9.17, 15) is 4.79 Å². The van der Waals surface area contributed by atoms with E-state index >= 15 is 0 Å². The van der Waals surface area contributed by atoms with E-state index in [4.69, 9.17) is 15.6 Å². The van der Waals surface area contributed by atoms with Crippen molar-refractivity contribution in [3.8, 4) is 0 Å². The molecule has 0 amide bonds. The average molecular weight is 193 g/mol. The minimum Gasteiger partial charge on any atom is -0.481 e. The maximum Gasteiger partial charge on any atom is 0.300 e. The zero-order chi connectivity index (χ0) is 11.9. The second-order valence-corrected chi connectivity index (χ2v) is 1.84. The molecule has 0 aromatic heterocycles. The number of carbonyl (C=O) groups is 2. The first-order valence-electron chi connectivity index (χ1n) is 4.25. The van der Waals surface area contributed by atoms with Crippen molar-refractivity contribution in [1.29, 1.82) is 0 Å². The van der Waals surface area contributed by atoms with Gasteiger partial charge in [0.1, 0.15) is 5.78 Å². The molecule has 82 valence electrons. The molecule has 0 saturated carbocycles. The third-order valence-electron chi connectivity index (χ3n) is 0. The van der Waals surface area contributed by atoms with Crippen molar-refractivity contribution in [2.24, 2.45) is 5.73 Å². The van der Waals surface area contributed by atoms with Gasteiger partial charge in [0.15, 0.2) is 0 Å². The molecule has 0 aliphatic rings. The molecule has 0 unspecified atom stereocenters. The van der Waals surface area contributed by atoms with Crippen LogP contribution < -0.4 is 5.73 Å². The zero-order valence-electron chi connectivity index (χ0n) is 9.55. The van der Waals surface area contributed by atoms with Gasteiger partial charge in [-0.1, -0.05) is 20.8 Å². The van der Waals surface area contributed by atoms with Crippen molar-refractivity contribution in [2.75, 3.05) is 6.54 Å². The summed E-state index contributed by atoms with van der Waals surface area (Å²) in [6, 6.07) is 0. The van der Waals surface area contributed by atoms with Gasteiger partial charge in [0.05, 0.1) is 0 Å². The quantitative estimate of drug-likeness (QED) is 0.613. The van der Waals surface area contributed by atoms with Crippen LogP contribution in [0.1, 0.15) is 41.5 Å². The number of Topliss-reactive ketones (excluding diaryl/α,β-unsaturated/α-hetero) is 1. The van der Waals surface area contributed by atoms with E-state index in [2.05, 4.69) is 0 Å². The number of carboxylic acids is 1. The second kappa shape index (κ2) is 30.4. The minimum atomic E-state index is -0.833. The van der Waals surface area contributed by atoms with Gasteiger partial charge in [0.25, 0.3) is 5.97 Å². The highest BCUT2D eigenvalue weighted by molar-refractivity contribution is 5.72. The molecular formula is C9H23NO3. The van der Waals surface area contributed by atoms with Crippen molar-refractivity contribution in [2.45, 2.75) is 41.5 Å². The predicted molar refractivity (Wildman–Crippen MR) is 55.7 cm³/mol. The van der Waals surface area contributed by atoms with Gasteiger partial charge in [-0.3, -0.25) is 4.79 Å². The zero-order valence-corrected chi connectivity index (χ0v) is 9.55. The van der Waals surface area contributed by atoms with Crippen molar-refractivity contribution in [3.05, 3.63) is 0 Å². The number of ketones is 1.